The predicted octanol–water partition coefficient (Wildman–Crippen LogP) is 2.23. The predicted molar refractivity (Wildman–Crippen MR) is 104 cm³/mol. The van der Waals surface area contributed by atoms with Gasteiger partial charge in [-0.05, 0) is 45.1 Å². The molecule has 0 radical (unpaired) electrons. The van der Waals surface area contributed by atoms with Gasteiger partial charge in [-0.1, -0.05) is 12.1 Å². The third kappa shape index (κ3) is 5.56. The summed E-state index contributed by atoms with van der Waals surface area (Å²) in [5.74, 6) is 0.554. The van der Waals surface area contributed by atoms with Crippen molar-refractivity contribution in [1.29, 1.82) is 0 Å². The Labute approximate surface area is 155 Å². The summed E-state index contributed by atoms with van der Waals surface area (Å²) < 4.78 is 15.2. The van der Waals surface area contributed by atoms with Crippen molar-refractivity contribution in [3.05, 3.63) is 53.1 Å². The molecule has 1 heterocycles. The van der Waals surface area contributed by atoms with Gasteiger partial charge in [0.15, 0.2) is 5.96 Å². The summed E-state index contributed by atoms with van der Waals surface area (Å²) in [6.45, 7) is 5.77. The van der Waals surface area contributed by atoms with Crippen LogP contribution in [0.15, 0.2) is 35.6 Å². The van der Waals surface area contributed by atoms with Gasteiger partial charge in [-0.15, -0.1) is 0 Å². The zero-order valence-electron chi connectivity index (χ0n) is 16.3. The van der Waals surface area contributed by atoms with E-state index in [1.165, 1.54) is 6.07 Å². The van der Waals surface area contributed by atoms with Crippen LogP contribution in [0.5, 0.6) is 0 Å². The molecule has 0 fully saturated rings. The number of aliphatic imine (C=N–C) groups is 1. The minimum atomic E-state index is -0.187. The average molecular weight is 360 g/mol. The van der Waals surface area contributed by atoms with Crippen LogP contribution in [-0.4, -0.2) is 47.8 Å². The van der Waals surface area contributed by atoms with Crippen LogP contribution < -0.4 is 10.6 Å². The van der Waals surface area contributed by atoms with Crippen LogP contribution in [0.4, 0.5) is 4.39 Å². The SMILES string of the molecule is CCNC(=NCc1ccc(F)c(C)c1)NCC(c1cnn(C)c1)N(C)C. The van der Waals surface area contributed by atoms with Gasteiger partial charge >= 0.3 is 0 Å². The van der Waals surface area contributed by atoms with Gasteiger partial charge in [-0.25, -0.2) is 9.38 Å². The molecule has 1 aromatic heterocycles. The molecule has 0 aliphatic heterocycles. The zero-order chi connectivity index (χ0) is 19.1. The fraction of sp³-hybridized carbons (Fsp3) is 0.474. The normalized spacial score (nSPS) is 13.1. The Morgan fingerprint density at radius 3 is 2.69 bits per heavy atom. The van der Waals surface area contributed by atoms with E-state index in [2.05, 4.69) is 25.6 Å². The van der Waals surface area contributed by atoms with Crippen LogP contribution in [0.2, 0.25) is 0 Å². The molecular formula is C19H29FN6. The number of benzene rings is 1. The number of rotatable bonds is 7. The number of likely N-dealkylation sites (N-methyl/N-ethyl adjacent to an activating group) is 1. The Bertz CT molecular complexity index is 737. The van der Waals surface area contributed by atoms with Gasteiger partial charge in [-0.2, -0.15) is 5.10 Å². The highest BCUT2D eigenvalue weighted by molar-refractivity contribution is 5.79. The third-order valence-electron chi connectivity index (χ3n) is 4.18. The summed E-state index contributed by atoms with van der Waals surface area (Å²) in [7, 11) is 6.01. The molecule has 1 unspecified atom stereocenters. The number of hydrogen-bond acceptors (Lipinski definition) is 3. The number of guanidine groups is 1. The molecule has 2 rings (SSSR count). The molecule has 0 saturated heterocycles. The molecular weight excluding hydrogens is 331 g/mol. The highest BCUT2D eigenvalue weighted by Crippen LogP contribution is 2.16. The Balaban J connectivity index is 2.04. The second-order valence-electron chi connectivity index (χ2n) is 6.59. The lowest BCUT2D eigenvalue weighted by atomic mass is 10.1. The largest absolute Gasteiger partial charge is 0.357 e. The second kappa shape index (κ2) is 9.33. The molecule has 2 aromatic rings. The summed E-state index contributed by atoms with van der Waals surface area (Å²) in [6, 6.07) is 5.28. The molecule has 6 nitrogen and oxygen atoms in total. The highest BCUT2D eigenvalue weighted by Gasteiger charge is 2.16. The van der Waals surface area contributed by atoms with Crippen LogP contribution in [0, 0.1) is 12.7 Å². The van der Waals surface area contributed by atoms with E-state index in [9.17, 15) is 4.39 Å². The van der Waals surface area contributed by atoms with E-state index < -0.39 is 0 Å². The van der Waals surface area contributed by atoms with E-state index in [0.717, 1.165) is 23.6 Å². The smallest absolute Gasteiger partial charge is 0.191 e. The summed E-state index contributed by atoms with van der Waals surface area (Å²) in [5.41, 5.74) is 2.77. The van der Waals surface area contributed by atoms with Crippen molar-refractivity contribution >= 4 is 5.96 Å². The van der Waals surface area contributed by atoms with Gasteiger partial charge in [0.2, 0.25) is 0 Å². The van der Waals surface area contributed by atoms with Crippen molar-refractivity contribution in [3.63, 3.8) is 0 Å². The first-order valence-corrected chi connectivity index (χ1v) is 8.83. The van der Waals surface area contributed by atoms with Gasteiger partial charge in [-0.3, -0.25) is 4.68 Å². The van der Waals surface area contributed by atoms with Gasteiger partial charge < -0.3 is 15.5 Å². The summed E-state index contributed by atoms with van der Waals surface area (Å²) >= 11 is 0. The molecule has 1 atom stereocenters. The number of aryl methyl sites for hydroxylation is 2. The fourth-order valence-electron chi connectivity index (χ4n) is 2.72. The van der Waals surface area contributed by atoms with Gasteiger partial charge in [0.05, 0.1) is 18.8 Å². The number of nitrogens with one attached hydrogen (secondary N) is 2. The molecule has 26 heavy (non-hydrogen) atoms. The first-order chi connectivity index (χ1) is 12.4. The van der Waals surface area contributed by atoms with Crippen LogP contribution >= 0.6 is 0 Å². The van der Waals surface area contributed by atoms with Gasteiger partial charge in [0.25, 0.3) is 0 Å². The molecule has 7 heteroatoms. The zero-order valence-corrected chi connectivity index (χ0v) is 16.3. The van der Waals surface area contributed by atoms with Crippen LogP contribution in [0.1, 0.15) is 29.7 Å². The molecule has 0 aliphatic carbocycles. The molecule has 2 N–H and O–H groups in total. The van der Waals surface area contributed by atoms with E-state index >= 15 is 0 Å². The number of halogens is 1. The van der Waals surface area contributed by atoms with Crippen molar-refractivity contribution in [2.75, 3.05) is 27.2 Å². The lowest BCUT2D eigenvalue weighted by Gasteiger charge is -2.24. The minimum absolute atomic E-state index is 0.181. The van der Waals surface area contributed by atoms with Crippen molar-refractivity contribution in [3.8, 4) is 0 Å². The average Bonchev–Trinajstić information content (AvgIpc) is 3.01. The number of nitrogens with zero attached hydrogens (tertiary/aromatic N) is 4. The first-order valence-electron chi connectivity index (χ1n) is 8.83. The number of hydrogen-bond donors (Lipinski definition) is 2. The monoisotopic (exact) mass is 360 g/mol. The van der Waals surface area contributed by atoms with Gasteiger partial charge in [0.1, 0.15) is 5.82 Å². The van der Waals surface area contributed by atoms with Crippen LogP contribution in [-0.2, 0) is 13.6 Å². The van der Waals surface area contributed by atoms with E-state index in [0.29, 0.717) is 18.7 Å². The van der Waals surface area contributed by atoms with E-state index in [1.807, 2.05) is 51.2 Å². The first kappa shape index (κ1) is 19.9. The van der Waals surface area contributed by atoms with Crippen molar-refractivity contribution in [2.24, 2.45) is 12.0 Å². The van der Waals surface area contributed by atoms with Crippen LogP contribution in [0.3, 0.4) is 0 Å². The Morgan fingerprint density at radius 2 is 2.12 bits per heavy atom. The Morgan fingerprint density at radius 1 is 1.35 bits per heavy atom. The standard InChI is InChI=1S/C19H29FN6/c1-6-21-19(22-10-15-7-8-17(20)14(2)9-15)23-12-18(25(3)4)16-11-24-26(5)13-16/h7-9,11,13,18H,6,10,12H2,1-5H3,(H2,21,22,23). The maximum Gasteiger partial charge on any atom is 0.191 e. The van der Waals surface area contributed by atoms with Crippen LogP contribution in [0.25, 0.3) is 0 Å². The molecule has 0 spiro atoms. The Hall–Kier alpha value is -2.41. The van der Waals surface area contributed by atoms with Crippen molar-refractivity contribution < 1.29 is 4.39 Å². The van der Waals surface area contributed by atoms with Gasteiger partial charge in [0, 0.05) is 31.9 Å². The minimum Gasteiger partial charge on any atom is -0.357 e. The quantitative estimate of drug-likeness (QED) is 0.587. The molecule has 1 aromatic carbocycles. The Kier molecular flexibility index (Phi) is 7.15. The molecule has 0 amide bonds. The molecule has 0 aliphatic rings. The van der Waals surface area contributed by atoms with Crippen molar-refractivity contribution in [1.82, 2.24) is 25.3 Å². The number of aromatic nitrogens is 2. The molecule has 0 bridgehead atoms. The fourth-order valence-corrected chi connectivity index (χ4v) is 2.72. The lowest BCUT2D eigenvalue weighted by Crippen LogP contribution is -2.41. The maximum atomic E-state index is 13.4. The molecule has 0 saturated carbocycles. The highest BCUT2D eigenvalue weighted by atomic mass is 19.1. The lowest BCUT2D eigenvalue weighted by molar-refractivity contribution is 0.298. The maximum absolute atomic E-state index is 13.4. The molecule has 142 valence electrons. The summed E-state index contributed by atoms with van der Waals surface area (Å²) in [4.78, 5) is 6.77. The van der Waals surface area contributed by atoms with E-state index in [1.54, 1.807) is 13.0 Å². The van der Waals surface area contributed by atoms with E-state index in [-0.39, 0.29) is 11.9 Å². The third-order valence-corrected chi connectivity index (χ3v) is 4.18. The summed E-state index contributed by atoms with van der Waals surface area (Å²) in [5, 5.41) is 10.9. The second-order valence-corrected chi connectivity index (χ2v) is 6.59. The summed E-state index contributed by atoms with van der Waals surface area (Å²) in [6.07, 6.45) is 3.91. The topological polar surface area (TPSA) is 57.5 Å². The van der Waals surface area contributed by atoms with Crippen molar-refractivity contribution in [2.45, 2.75) is 26.4 Å². The van der Waals surface area contributed by atoms with E-state index in [4.69, 9.17) is 0 Å².